The summed E-state index contributed by atoms with van der Waals surface area (Å²) in [7, 11) is -3.18. The number of aromatic nitrogens is 2. The number of hydrogen-bond acceptors (Lipinski definition) is 4. The van der Waals surface area contributed by atoms with E-state index in [9.17, 15) is 8.42 Å². The first-order chi connectivity index (χ1) is 13.0. The molecule has 0 radical (unpaired) electrons. The zero-order valence-corrected chi connectivity index (χ0v) is 16.2. The second-order valence-corrected chi connectivity index (χ2v) is 8.71. The number of benzene rings is 1. The monoisotopic (exact) mass is 381 g/mol. The van der Waals surface area contributed by atoms with Gasteiger partial charge in [-0.3, -0.25) is 4.98 Å². The minimum atomic E-state index is -3.18. The average molecular weight is 382 g/mol. The number of sulfone groups is 1. The van der Waals surface area contributed by atoms with E-state index in [0.717, 1.165) is 41.7 Å². The molecule has 0 saturated heterocycles. The maximum atomic E-state index is 12.2. The van der Waals surface area contributed by atoms with E-state index < -0.39 is 9.84 Å². The Labute approximate surface area is 160 Å². The van der Waals surface area contributed by atoms with Gasteiger partial charge < -0.3 is 4.40 Å². The summed E-state index contributed by atoms with van der Waals surface area (Å²) in [4.78, 5) is 4.88. The molecule has 140 valence electrons. The molecule has 3 rings (SSSR count). The first kappa shape index (κ1) is 19.1. The molecule has 0 fully saturated rings. The summed E-state index contributed by atoms with van der Waals surface area (Å²) in [6, 6.07) is 13.3. The van der Waals surface area contributed by atoms with Crippen molar-refractivity contribution in [1.82, 2.24) is 9.38 Å². The van der Waals surface area contributed by atoms with Crippen LogP contribution < -0.4 is 0 Å². The Bertz CT molecular complexity index is 1060. The third-order valence-electron chi connectivity index (χ3n) is 4.70. The molecule has 0 amide bonds. The van der Waals surface area contributed by atoms with Crippen molar-refractivity contribution in [3.8, 4) is 6.07 Å². The van der Waals surface area contributed by atoms with Crippen LogP contribution in [0.15, 0.2) is 53.7 Å². The van der Waals surface area contributed by atoms with E-state index in [-0.39, 0.29) is 5.75 Å². The van der Waals surface area contributed by atoms with E-state index in [2.05, 4.69) is 11.1 Å². The van der Waals surface area contributed by atoms with E-state index >= 15 is 0 Å². The average Bonchev–Trinajstić information content (AvgIpc) is 3.09. The highest BCUT2D eigenvalue weighted by atomic mass is 32.2. The first-order valence-electron chi connectivity index (χ1n) is 9.17. The molecule has 3 aromatic rings. The van der Waals surface area contributed by atoms with Crippen LogP contribution in [0, 0.1) is 11.3 Å². The fourth-order valence-corrected chi connectivity index (χ4v) is 4.61. The zero-order valence-electron chi connectivity index (χ0n) is 15.4. The molecule has 0 aliphatic carbocycles. The molecule has 0 bridgehead atoms. The SMILES string of the molecule is CCCCS(=O)(=O)c1ccc(CCc2nccn3c(CC#N)ccc23)cc1. The van der Waals surface area contributed by atoms with Crippen LogP contribution in [-0.4, -0.2) is 23.6 Å². The first-order valence-corrected chi connectivity index (χ1v) is 10.8. The third kappa shape index (κ3) is 4.37. The van der Waals surface area contributed by atoms with Gasteiger partial charge in [-0.25, -0.2) is 8.42 Å². The molecule has 0 aliphatic heterocycles. The molecule has 0 unspecified atom stereocenters. The molecule has 0 spiro atoms. The van der Waals surface area contributed by atoms with Gasteiger partial charge in [0.15, 0.2) is 9.84 Å². The van der Waals surface area contributed by atoms with Gasteiger partial charge in [-0.2, -0.15) is 5.26 Å². The molecule has 6 heteroatoms. The predicted molar refractivity (Wildman–Crippen MR) is 105 cm³/mol. The molecule has 2 aromatic heterocycles. The fraction of sp³-hybridized carbons (Fsp3) is 0.333. The lowest BCUT2D eigenvalue weighted by Crippen LogP contribution is -2.06. The van der Waals surface area contributed by atoms with E-state index in [1.54, 1.807) is 18.3 Å². The second-order valence-electron chi connectivity index (χ2n) is 6.61. The summed E-state index contributed by atoms with van der Waals surface area (Å²) in [5.74, 6) is 0.202. The minimum Gasteiger partial charge on any atom is -0.317 e. The molecule has 1 aromatic carbocycles. The van der Waals surface area contributed by atoms with Gasteiger partial charge in [0.05, 0.1) is 34.3 Å². The maximum absolute atomic E-state index is 12.2. The van der Waals surface area contributed by atoms with Crippen molar-refractivity contribution in [3.63, 3.8) is 0 Å². The quantitative estimate of drug-likeness (QED) is 0.595. The minimum absolute atomic E-state index is 0.202. The Morgan fingerprint density at radius 1 is 1.11 bits per heavy atom. The van der Waals surface area contributed by atoms with Crippen molar-refractivity contribution in [2.75, 3.05) is 5.75 Å². The van der Waals surface area contributed by atoms with Crippen LogP contribution in [0.3, 0.4) is 0 Å². The van der Waals surface area contributed by atoms with Gasteiger partial charge in [-0.1, -0.05) is 25.5 Å². The summed E-state index contributed by atoms with van der Waals surface area (Å²) >= 11 is 0. The van der Waals surface area contributed by atoms with E-state index in [1.165, 1.54) is 0 Å². The highest BCUT2D eigenvalue weighted by Gasteiger charge is 2.13. The van der Waals surface area contributed by atoms with Crippen LogP contribution in [-0.2, 0) is 29.1 Å². The summed E-state index contributed by atoms with van der Waals surface area (Å²) in [5.41, 5.74) is 4.03. The Balaban J connectivity index is 1.72. The Kier molecular flexibility index (Phi) is 5.92. The zero-order chi connectivity index (χ0) is 19.3. The highest BCUT2D eigenvalue weighted by Crippen LogP contribution is 2.18. The predicted octanol–water partition coefficient (Wildman–Crippen LogP) is 3.76. The van der Waals surface area contributed by atoms with Crippen molar-refractivity contribution < 1.29 is 8.42 Å². The summed E-state index contributed by atoms with van der Waals surface area (Å²) in [6.07, 6.45) is 7.08. The maximum Gasteiger partial charge on any atom is 0.178 e. The van der Waals surface area contributed by atoms with Gasteiger partial charge in [0.25, 0.3) is 0 Å². The molecule has 0 aliphatic rings. The second kappa shape index (κ2) is 8.36. The van der Waals surface area contributed by atoms with Gasteiger partial charge in [0.2, 0.25) is 0 Å². The fourth-order valence-electron chi connectivity index (χ4n) is 3.15. The lowest BCUT2D eigenvalue weighted by molar-refractivity contribution is 0.592. The molecule has 5 nitrogen and oxygen atoms in total. The van der Waals surface area contributed by atoms with Crippen LogP contribution >= 0.6 is 0 Å². The summed E-state index contributed by atoms with van der Waals surface area (Å²) in [5, 5.41) is 8.92. The Hall–Kier alpha value is -2.65. The van der Waals surface area contributed by atoms with Crippen molar-refractivity contribution in [3.05, 3.63) is 65.7 Å². The number of fused-ring (bicyclic) bond motifs is 1. The lowest BCUT2D eigenvalue weighted by Gasteiger charge is -2.07. The molecule has 27 heavy (non-hydrogen) atoms. The lowest BCUT2D eigenvalue weighted by atomic mass is 10.1. The van der Waals surface area contributed by atoms with Crippen LogP contribution in [0.2, 0.25) is 0 Å². The van der Waals surface area contributed by atoms with E-state index in [0.29, 0.717) is 17.7 Å². The number of unbranched alkanes of at least 4 members (excludes halogenated alkanes) is 1. The molecule has 0 atom stereocenters. The van der Waals surface area contributed by atoms with Gasteiger partial charge >= 0.3 is 0 Å². The van der Waals surface area contributed by atoms with Crippen LogP contribution in [0.5, 0.6) is 0 Å². The molecular weight excluding hydrogens is 358 g/mol. The molecule has 2 heterocycles. The molecule has 0 saturated carbocycles. The number of nitriles is 1. The third-order valence-corrected chi connectivity index (χ3v) is 6.52. The van der Waals surface area contributed by atoms with Crippen molar-refractivity contribution in [2.45, 2.75) is 43.9 Å². The smallest absolute Gasteiger partial charge is 0.178 e. The van der Waals surface area contributed by atoms with Gasteiger partial charge in [-0.05, 0) is 49.1 Å². The highest BCUT2D eigenvalue weighted by molar-refractivity contribution is 7.91. The van der Waals surface area contributed by atoms with Crippen LogP contribution in [0.4, 0.5) is 0 Å². The van der Waals surface area contributed by atoms with Gasteiger partial charge in [-0.15, -0.1) is 0 Å². The van der Waals surface area contributed by atoms with Crippen molar-refractivity contribution in [2.24, 2.45) is 0 Å². The molecule has 0 N–H and O–H groups in total. The van der Waals surface area contributed by atoms with Gasteiger partial charge in [0.1, 0.15) is 0 Å². The van der Waals surface area contributed by atoms with Gasteiger partial charge in [0, 0.05) is 18.1 Å². The summed E-state index contributed by atoms with van der Waals surface area (Å²) < 4.78 is 26.5. The largest absolute Gasteiger partial charge is 0.317 e. The topological polar surface area (TPSA) is 75.2 Å². The Morgan fingerprint density at radius 3 is 2.59 bits per heavy atom. The standard InChI is InChI=1S/C21H23N3O2S/c1-2-3-16-27(25,26)19-8-4-17(5-9-19)6-10-20-21-11-7-18(12-13-22)24(21)15-14-23-20/h4-5,7-9,11,14-15H,2-3,6,10,12,16H2,1H3. The number of hydrogen-bond donors (Lipinski definition) is 0. The normalized spacial score (nSPS) is 11.6. The molecular formula is C21H23N3O2S. The number of rotatable bonds is 8. The van der Waals surface area contributed by atoms with Crippen molar-refractivity contribution in [1.29, 1.82) is 5.26 Å². The number of aryl methyl sites for hydroxylation is 2. The van der Waals surface area contributed by atoms with E-state index in [4.69, 9.17) is 5.26 Å². The van der Waals surface area contributed by atoms with Crippen LogP contribution in [0.25, 0.3) is 5.52 Å². The van der Waals surface area contributed by atoms with E-state index in [1.807, 2.05) is 41.8 Å². The number of nitrogens with zero attached hydrogens (tertiary/aromatic N) is 3. The van der Waals surface area contributed by atoms with Crippen LogP contribution in [0.1, 0.15) is 36.7 Å². The summed E-state index contributed by atoms with van der Waals surface area (Å²) in [6.45, 7) is 1.99. The Morgan fingerprint density at radius 2 is 1.89 bits per heavy atom. The van der Waals surface area contributed by atoms with Crippen molar-refractivity contribution >= 4 is 15.4 Å².